The summed E-state index contributed by atoms with van der Waals surface area (Å²) in [7, 11) is -1.60. The molecule has 42 heavy (non-hydrogen) atoms. The third-order valence-corrected chi connectivity index (χ3v) is 12.5. The molecule has 1 saturated heterocycles. The average Bonchev–Trinajstić information content (AvgIpc) is 2.83. The zero-order valence-electron chi connectivity index (χ0n) is 27.9. The molecular formula is C30H52O11Si. The second kappa shape index (κ2) is 14.0. The number of methoxy groups -OCH3 is 1. The van der Waals surface area contributed by atoms with Crippen LogP contribution in [0.1, 0.15) is 89.0 Å². The van der Waals surface area contributed by atoms with Crippen LogP contribution < -0.4 is 0 Å². The molecule has 12 heteroatoms. The van der Waals surface area contributed by atoms with Gasteiger partial charge in [0.15, 0.2) is 39.0 Å². The molecule has 0 radical (unpaired) electrons. The molecule has 1 rings (SSSR count). The van der Waals surface area contributed by atoms with Crippen LogP contribution in [0.5, 0.6) is 0 Å². The standard InChI is InChI=1S/C30H52O11Si/c1-17(2)30(10,11)42(13,14)41-25-23(40-27(35)29(7,8)9)21(39-26(34)28(4,5)6)20(22(38-25)24(33)36-12)37-19(32)16-15-18(3)31/h17,20-23,25H,15-16H2,1-14H3/t20-,21-,22-,23+,25-/m0/s1. The molecule has 1 aliphatic heterocycles. The van der Waals surface area contributed by atoms with Gasteiger partial charge >= 0.3 is 23.9 Å². The first-order valence-corrected chi connectivity index (χ1v) is 17.3. The molecule has 0 N–H and O–H groups in total. The molecule has 0 aromatic heterocycles. The van der Waals surface area contributed by atoms with Gasteiger partial charge in [0.1, 0.15) is 5.78 Å². The Morgan fingerprint density at radius 1 is 0.762 bits per heavy atom. The highest BCUT2D eigenvalue weighted by Gasteiger charge is 2.58. The minimum Gasteiger partial charge on any atom is -0.467 e. The Bertz CT molecular complexity index is 1000. The van der Waals surface area contributed by atoms with E-state index in [0.29, 0.717) is 0 Å². The maximum atomic E-state index is 13.3. The fourth-order valence-corrected chi connectivity index (χ4v) is 6.29. The van der Waals surface area contributed by atoms with Crippen molar-refractivity contribution in [3.63, 3.8) is 0 Å². The SMILES string of the molecule is COC(=O)[C@H]1O[C@@H](O[Si](C)(C)C(C)(C)C(C)C)[C@H](OC(=O)C(C)(C)C)[C@@H](OC(=O)C(C)(C)C)[C@@H]1OC(=O)CCC(C)=O. The third-order valence-electron chi connectivity index (χ3n) is 7.99. The smallest absolute Gasteiger partial charge is 0.339 e. The number of ether oxygens (including phenoxy) is 5. The maximum absolute atomic E-state index is 13.3. The molecule has 0 unspecified atom stereocenters. The number of esters is 4. The number of rotatable bonds is 11. The summed E-state index contributed by atoms with van der Waals surface area (Å²) in [5.41, 5.74) is -1.98. The highest BCUT2D eigenvalue weighted by molar-refractivity contribution is 6.74. The molecular weight excluding hydrogens is 564 g/mol. The maximum Gasteiger partial charge on any atom is 0.339 e. The third kappa shape index (κ3) is 9.60. The van der Waals surface area contributed by atoms with Crippen molar-refractivity contribution in [2.24, 2.45) is 16.7 Å². The van der Waals surface area contributed by atoms with Crippen molar-refractivity contribution in [3.8, 4) is 0 Å². The van der Waals surface area contributed by atoms with Crippen LogP contribution in [0.25, 0.3) is 0 Å². The molecule has 1 aliphatic rings. The fourth-order valence-electron chi connectivity index (χ4n) is 3.83. The van der Waals surface area contributed by atoms with Crippen LogP contribution in [0.3, 0.4) is 0 Å². The Balaban J connectivity index is 3.84. The molecule has 1 heterocycles. The van der Waals surface area contributed by atoms with Crippen molar-refractivity contribution in [3.05, 3.63) is 0 Å². The van der Waals surface area contributed by atoms with Crippen LogP contribution in [0.15, 0.2) is 0 Å². The van der Waals surface area contributed by atoms with E-state index < -0.39 is 73.7 Å². The lowest BCUT2D eigenvalue weighted by atomic mass is 9.94. The van der Waals surface area contributed by atoms with Crippen molar-refractivity contribution in [1.82, 2.24) is 0 Å². The summed E-state index contributed by atoms with van der Waals surface area (Å²) in [5, 5.41) is -0.316. The predicted octanol–water partition coefficient (Wildman–Crippen LogP) is 4.74. The van der Waals surface area contributed by atoms with E-state index in [4.69, 9.17) is 28.1 Å². The van der Waals surface area contributed by atoms with Gasteiger partial charge in [0.2, 0.25) is 0 Å². The molecule has 0 aliphatic carbocycles. The van der Waals surface area contributed by atoms with Gasteiger partial charge in [-0.2, -0.15) is 0 Å². The van der Waals surface area contributed by atoms with Crippen LogP contribution in [-0.4, -0.2) is 75.8 Å². The van der Waals surface area contributed by atoms with Crippen molar-refractivity contribution in [2.75, 3.05) is 7.11 Å². The second-order valence-corrected chi connectivity index (χ2v) is 18.9. The van der Waals surface area contributed by atoms with E-state index >= 15 is 0 Å². The van der Waals surface area contributed by atoms with Crippen LogP contribution in [-0.2, 0) is 52.1 Å². The van der Waals surface area contributed by atoms with Crippen molar-refractivity contribution >= 4 is 38.0 Å². The highest BCUT2D eigenvalue weighted by atomic mass is 28.4. The minimum absolute atomic E-state index is 0.0972. The van der Waals surface area contributed by atoms with E-state index in [0.717, 1.165) is 7.11 Å². The molecule has 11 nitrogen and oxygen atoms in total. The Kier molecular flexibility index (Phi) is 12.6. The van der Waals surface area contributed by atoms with E-state index in [-0.39, 0.29) is 29.6 Å². The molecule has 1 fully saturated rings. The minimum atomic E-state index is -2.73. The van der Waals surface area contributed by atoms with Crippen LogP contribution in [0.2, 0.25) is 18.1 Å². The molecule has 0 aromatic carbocycles. The zero-order chi connectivity index (χ0) is 33.0. The monoisotopic (exact) mass is 616 g/mol. The summed E-state index contributed by atoms with van der Waals surface area (Å²) in [5.74, 6) is -3.13. The molecule has 0 spiro atoms. The lowest BCUT2D eigenvalue weighted by Gasteiger charge is -2.49. The van der Waals surface area contributed by atoms with E-state index in [9.17, 15) is 24.0 Å². The van der Waals surface area contributed by atoms with E-state index in [1.165, 1.54) is 6.92 Å². The van der Waals surface area contributed by atoms with E-state index in [2.05, 4.69) is 27.7 Å². The van der Waals surface area contributed by atoms with Gasteiger partial charge in [0.25, 0.3) is 0 Å². The number of carbonyl (C=O) groups excluding carboxylic acids is 5. The molecule has 242 valence electrons. The van der Waals surface area contributed by atoms with Crippen LogP contribution in [0.4, 0.5) is 0 Å². The lowest BCUT2D eigenvalue weighted by molar-refractivity contribution is -0.289. The summed E-state index contributed by atoms with van der Waals surface area (Å²) >= 11 is 0. The first kappa shape index (κ1) is 37.7. The van der Waals surface area contributed by atoms with Gasteiger partial charge < -0.3 is 32.9 Å². The van der Waals surface area contributed by atoms with Crippen molar-refractivity contribution in [1.29, 1.82) is 0 Å². The van der Waals surface area contributed by atoms with Gasteiger partial charge in [0.05, 0.1) is 24.4 Å². The summed E-state index contributed by atoms with van der Waals surface area (Å²) in [6.45, 7) is 23.4. The van der Waals surface area contributed by atoms with Crippen molar-refractivity contribution in [2.45, 2.75) is 138 Å². The summed E-state index contributed by atoms with van der Waals surface area (Å²) in [6.07, 6.45) is -7.82. The number of ketones is 1. The van der Waals surface area contributed by atoms with Crippen LogP contribution >= 0.6 is 0 Å². The molecule has 0 amide bonds. The molecule has 0 bridgehead atoms. The summed E-state index contributed by atoms with van der Waals surface area (Å²) in [4.78, 5) is 63.9. The first-order valence-electron chi connectivity index (χ1n) is 14.4. The van der Waals surface area contributed by atoms with Crippen molar-refractivity contribution < 1.29 is 52.1 Å². The quantitative estimate of drug-likeness (QED) is 0.181. The number of hydrogen-bond donors (Lipinski definition) is 0. The number of Topliss-reactive ketones (excluding diaryl/α,β-unsaturated/α-hetero) is 1. The van der Waals surface area contributed by atoms with Gasteiger partial charge in [-0.15, -0.1) is 0 Å². The zero-order valence-corrected chi connectivity index (χ0v) is 28.9. The largest absolute Gasteiger partial charge is 0.467 e. The van der Waals surface area contributed by atoms with Gasteiger partial charge in [-0.1, -0.05) is 27.7 Å². The Morgan fingerprint density at radius 3 is 1.64 bits per heavy atom. The molecule has 5 atom stereocenters. The lowest BCUT2D eigenvalue weighted by Crippen LogP contribution is -2.66. The fraction of sp³-hybridized carbons (Fsp3) is 0.833. The van der Waals surface area contributed by atoms with Crippen LogP contribution in [0, 0.1) is 16.7 Å². The van der Waals surface area contributed by atoms with E-state index in [1.807, 2.05) is 13.1 Å². The Hall–Kier alpha value is -2.31. The Labute approximate surface area is 251 Å². The topological polar surface area (TPSA) is 141 Å². The average molecular weight is 617 g/mol. The van der Waals surface area contributed by atoms with Gasteiger partial charge in [0, 0.05) is 6.42 Å². The Morgan fingerprint density at radius 2 is 1.24 bits per heavy atom. The summed E-state index contributed by atoms with van der Waals surface area (Å²) < 4.78 is 35.3. The van der Waals surface area contributed by atoms with Gasteiger partial charge in [-0.3, -0.25) is 14.4 Å². The molecule has 0 saturated carbocycles. The summed E-state index contributed by atoms with van der Waals surface area (Å²) in [6, 6.07) is 0. The second-order valence-electron chi connectivity index (χ2n) is 14.3. The molecule has 0 aromatic rings. The predicted molar refractivity (Wildman–Crippen MR) is 157 cm³/mol. The van der Waals surface area contributed by atoms with Gasteiger partial charge in [-0.25, -0.2) is 4.79 Å². The first-order chi connectivity index (χ1) is 18.9. The number of hydrogen-bond acceptors (Lipinski definition) is 11. The highest BCUT2D eigenvalue weighted by Crippen LogP contribution is 2.46. The number of carbonyl (C=O) groups is 5. The van der Waals surface area contributed by atoms with Gasteiger partial charge in [-0.05, 0) is 72.5 Å². The normalized spacial score (nSPS) is 23.6. The van der Waals surface area contributed by atoms with E-state index in [1.54, 1.807) is 41.5 Å².